The third kappa shape index (κ3) is 37.1. The van der Waals surface area contributed by atoms with Gasteiger partial charge < -0.3 is 132 Å². The van der Waals surface area contributed by atoms with Crippen molar-refractivity contribution in [3.05, 3.63) is 36.0 Å². The first-order chi connectivity index (χ1) is 53.1. The van der Waals surface area contributed by atoms with Crippen molar-refractivity contribution < 1.29 is 57.5 Å². The Bertz CT molecular complexity index is 3600. The molecule has 0 saturated heterocycles. The third-order valence-electron chi connectivity index (χ3n) is 18.3. The van der Waals surface area contributed by atoms with Crippen LogP contribution >= 0.6 is 0 Å². The number of aromatic amines is 1. The first-order valence-electron chi connectivity index (χ1n) is 38.3. The number of H-pyrrole nitrogens is 1. The molecule has 0 unspecified atom stereocenters. The van der Waals surface area contributed by atoms with Gasteiger partial charge in [0.25, 0.3) is 0 Å². The first-order valence-corrected chi connectivity index (χ1v) is 38.3. The monoisotopic (exact) mass is 1590 g/mol. The Labute approximate surface area is 660 Å². The second-order valence-electron chi connectivity index (χ2n) is 29.5. The zero-order valence-corrected chi connectivity index (χ0v) is 67.2. The number of hydrogen-bond donors (Lipinski definition) is 24. The Morgan fingerprint density at radius 3 is 1.12 bits per heavy atom. The van der Waals surface area contributed by atoms with E-state index in [1.807, 2.05) is 13.8 Å². The molecule has 0 bridgehead atoms. The molecule has 1 aromatic heterocycles. The van der Waals surface area contributed by atoms with E-state index in [9.17, 15) is 52.7 Å². The van der Waals surface area contributed by atoms with E-state index in [0.717, 1.165) is 0 Å². The number of carbonyl (C=O) groups is 12. The van der Waals surface area contributed by atoms with Crippen LogP contribution in [-0.2, 0) is 64.0 Å². The maximum atomic E-state index is 15.1. The quantitative estimate of drug-likeness (QED) is 0.0167. The van der Waals surface area contributed by atoms with Gasteiger partial charge in [0.05, 0.1) is 6.04 Å². The maximum Gasteiger partial charge on any atom is 0.243 e. The number of unbranched alkanes of at least 4 members (excludes halogenated alkanes) is 1. The van der Waals surface area contributed by atoms with Crippen LogP contribution in [0.1, 0.15) is 165 Å². The van der Waals surface area contributed by atoms with Crippen molar-refractivity contribution in [3.8, 4) is 0 Å². The SMILES string of the molecule is CC[C@H](C)[C@H](NC(=O)[C@H](CC(C)C)NC(=O)[C@H](CCCN=C(N)N)NC(=O)[C@@H](N)C(C)C)C(=O)N[C@H](C(=O)N[C@@H](C)C(=O)N[C@H](C(=O)N[C@@H](CCCN=C(N)N)C(=O)N[C@@H](CCCCN=C(N)N)C(=O)N[C@@H](Cc1c[nH]c2ccccc12)C(=O)N[C@@H](CCCN=C(N)N)C(=O)N[C@@H](CCCN=C(N)N)C(N)=O)C(C)C)C(C)C. The van der Waals surface area contributed by atoms with Gasteiger partial charge in [-0.05, 0) is 125 Å². The van der Waals surface area contributed by atoms with Gasteiger partial charge >= 0.3 is 0 Å². The second-order valence-corrected chi connectivity index (χ2v) is 29.5. The number of fused-ring (bicyclic) bond motifs is 1. The lowest BCUT2D eigenvalue weighted by atomic mass is 9.95. The number of carbonyl (C=O) groups excluding carboxylic acids is 12. The Kier molecular flexibility index (Phi) is 43.8. The molecule has 41 heteroatoms. The smallest absolute Gasteiger partial charge is 0.243 e. The fourth-order valence-corrected chi connectivity index (χ4v) is 11.6. The summed E-state index contributed by atoms with van der Waals surface area (Å²) < 4.78 is 0. The Balaban J connectivity index is 2.59. The van der Waals surface area contributed by atoms with Crippen LogP contribution in [0.25, 0.3) is 10.9 Å². The highest BCUT2D eigenvalue weighted by Crippen LogP contribution is 2.21. The van der Waals surface area contributed by atoms with Gasteiger partial charge in [-0.3, -0.25) is 82.5 Å². The van der Waals surface area contributed by atoms with Crippen molar-refractivity contribution >= 4 is 112 Å². The van der Waals surface area contributed by atoms with Gasteiger partial charge in [-0.2, -0.15) is 0 Å². The lowest BCUT2D eigenvalue weighted by Gasteiger charge is -2.31. The predicted molar refractivity (Wildman–Crippen MR) is 434 cm³/mol. The van der Waals surface area contributed by atoms with E-state index in [-0.39, 0.29) is 151 Å². The number of aliphatic imine (C=N–C) groups is 5. The molecule has 0 spiro atoms. The molecule has 1 heterocycles. The summed E-state index contributed by atoms with van der Waals surface area (Å²) in [5, 5.41) is 30.6. The number of hydrogen-bond acceptors (Lipinski definition) is 18. The molecule has 0 saturated carbocycles. The summed E-state index contributed by atoms with van der Waals surface area (Å²) >= 11 is 0. The molecule has 113 heavy (non-hydrogen) atoms. The molecule has 36 N–H and O–H groups in total. The molecule has 0 fully saturated rings. The van der Waals surface area contributed by atoms with Crippen molar-refractivity contribution in [1.82, 2.24) is 63.5 Å². The van der Waals surface area contributed by atoms with Crippen LogP contribution in [0.3, 0.4) is 0 Å². The number of nitrogens with zero attached hydrogens (tertiary/aromatic N) is 5. The average molecular weight is 1590 g/mol. The number of rotatable bonds is 53. The highest BCUT2D eigenvalue weighted by molar-refractivity contribution is 6.00. The number of nitrogens with two attached hydrogens (primary N) is 12. The van der Waals surface area contributed by atoms with Crippen LogP contribution in [0.15, 0.2) is 55.4 Å². The normalized spacial score (nSPS) is 14.7. The van der Waals surface area contributed by atoms with E-state index >= 15 is 4.79 Å². The van der Waals surface area contributed by atoms with E-state index in [0.29, 0.717) is 29.3 Å². The average Bonchev–Trinajstić information content (AvgIpc) is 1.72. The highest BCUT2D eigenvalue weighted by Gasteiger charge is 2.39. The van der Waals surface area contributed by atoms with Crippen LogP contribution in [0.5, 0.6) is 0 Å². The van der Waals surface area contributed by atoms with Gasteiger partial charge in [-0.1, -0.05) is 93.9 Å². The summed E-state index contributed by atoms with van der Waals surface area (Å²) in [6, 6.07) is -8.54. The van der Waals surface area contributed by atoms with E-state index in [1.165, 1.54) is 6.92 Å². The minimum absolute atomic E-state index is 0.0164. The zero-order valence-electron chi connectivity index (χ0n) is 67.2. The predicted octanol–water partition coefficient (Wildman–Crippen LogP) is -5.41. The number of aromatic nitrogens is 1. The number of nitrogens with one attached hydrogen (secondary N) is 12. The second kappa shape index (κ2) is 50.6. The summed E-state index contributed by atoms with van der Waals surface area (Å²) in [4.78, 5) is 194. The molecule has 0 aliphatic carbocycles. The molecule has 1 aromatic carbocycles. The molecule has 13 atom stereocenters. The Morgan fingerprint density at radius 1 is 0.363 bits per heavy atom. The van der Waals surface area contributed by atoms with E-state index < -0.39 is 161 Å². The number of guanidine groups is 5. The summed E-state index contributed by atoms with van der Waals surface area (Å²) in [6.45, 7) is 18.9. The van der Waals surface area contributed by atoms with Crippen LogP contribution < -0.4 is 127 Å². The number of amides is 12. The van der Waals surface area contributed by atoms with Crippen LogP contribution in [-0.4, -0.2) is 211 Å². The summed E-state index contributed by atoms with van der Waals surface area (Å²) in [5.41, 5.74) is 68.7. The molecule has 0 aliphatic heterocycles. The van der Waals surface area contributed by atoms with Crippen molar-refractivity contribution in [3.63, 3.8) is 0 Å². The maximum absolute atomic E-state index is 15.1. The third-order valence-corrected chi connectivity index (χ3v) is 18.3. The zero-order chi connectivity index (χ0) is 85.4. The van der Waals surface area contributed by atoms with Gasteiger partial charge in [0.15, 0.2) is 29.8 Å². The fourth-order valence-electron chi connectivity index (χ4n) is 11.6. The lowest BCUT2D eigenvalue weighted by Crippen LogP contribution is -2.62. The first kappa shape index (κ1) is 97.8. The summed E-state index contributed by atoms with van der Waals surface area (Å²) in [7, 11) is 0. The topological polar surface area (TPSA) is 727 Å². The van der Waals surface area contributed by atoms with Gasteiger partial charge in [0.2, 0.25) is 70.9 Å². The standard InChI is InChI=1S/C72H129N29O12/c1-12-40(10)55(101-63(109)50(33-36(2)3)97-61(107)48(26-19-31-88-71(81)82)95-64(110)52(73)37(4)5)67(113)100-53(38(6)7)65(111)91-41(11)57(103)99-54(39(8)9)66(112)96-49(27-20-32-89-72(83)84)59(105)93-46(23-15-16-28-85-68(75)76)60(106)98-51(34-42-35-90-44-22-14-13-21-43(42)44)62(108)94-47(25-18-30-87-70(79)80)58(104)92-45(56(74)102)24-17-29-86-69(77)78/h13-14,21-22,35-41,45-55,90H,12,15-20,23-34,73H2,1-11H3,(H2,74,102)(H,91,111)(H,92,104)(H,93,105)(H,94,108)(H,95,110)(H,96,112)(H,97,107)(H,98,106)(H,99,103)(H,100,113)(H,101,109)(H4,75,76,85)(H4,77,78,86)(H4,79,80,87)(H4,81,82,88)(H4,83,84,89)/t40-,41-,45-,46-,47-,48-,49-,50-,51-,52-,53-,54-,55-/m0/s1. The van der Waals surface area contributed by atoms with Gasteiger partial charge in [0.1, 0.15) is 66.5 Å². The van der Waals surface area contributed by atoms with Crippen LogP contribution in [0.2, 0.25) is 0 Å². The fraction of sp³-hybridized carbons (Fsp3) is 0.653. The van der Waals surface area contributed by atoms with Gasteiger partial charge in [-0.25, -0.2) is 0 Å². The number of benzene rings is 1. The summed E-state index contributed by atoms with van der Waals surface area (Å²) in [5.74, 6) is -13.0. The minimum Gasteiger partial charge on any atom is -0.370 e. The van der Waals surface area contributed by atoms with Crippen molar-refractivity contribution in [2.45, 2.75) is 239 Å². The van der Waals surface area contributed by atoms with Crippen molar-refractivity contribution in [2.75, 3.05) is 32.7 Å². The van der Waals surface area contributed by atoms with Gasteiger partial charge in [-0.15, -0.1) is 0 Å². The molecule has 0 aliphatic rings. The molecular formula is C72H129N29O12. The van der Waals surface area contributed by atoms with Crippen LogP contribution in [0, 0.1) is 29.6 Å². The molecule has 2 aromatic rings. The molecule has 634 valence electrons. The Morgan fingerprint density at radius 2 is 0.699 bits per heavy atom. The molecule has 0 radical (unpaired) electrons. The lowest BCUT2D eigenvalue weighted by molar-refractivity contribution is -0.137. The minimum atomic E-state index is -1.49. The summed E-state index contributed by atoms with van der Waals surface area (Å²) in [6.07, 6.45) is 2.90. The molecule has 2 rings (SSSR count). The van der Waals surface area contributed by atoms with E-state index in [1.54, 1.807) is 85.9 Å². The van der Waals surface area contributed by atoms with E-state index in [4.69, 9.17) is 68.8 Å². The highest BCUT2D eigenvalue weighted by atomic mass is 16.2. The number of para-hydroxylation sites is 1. The van der Waals surface area contributed by atoms with Crippen molar-refractivity contribution in [1.29, 1.82) is 0 Å². The van der Waals surface area contributed by atoms with E-state index in [2.05, 4.69) is 88.4 Å². The largest absolute Gasteiger partial charge is 0.370 e. The Hall–Kier alpha value is -11.3. The number of primary amides is 1. The van der Waals surface area contributed by atoms with Crippen molar-refractivity contribution in [2.24, 2.45) is 123 Å². The van der Waals surface area contributed by atoms with Gasteiger partial charge in [0, 0.05) is 56.2 Å². The molecular weight excluding hydrogens is 1460 g/mol. The molecule has 41 nitrogen and oxygen atoms in total. The molecule has 12 amide bonds. The van der Waals surface area contributed by atoms with Crippen LogP contribution in [0.4, 0.5) is 0 Å².